The molecule has 2 atom stereocenters. The number of carbonyl (C=O) groups excluding carboxylic acids is 1. The largest absolute Gasteiger partial charge is 0.494 e. The van der Waals surface area contributed by atoms with Gasteiger partial charge in [0.25, 0.3) is 12.9 Å². The highest BCUT2D eigenvalue weighted by atomic mass is 16.5. The summed E-state index contributed by atoms with van der Waals surface area (Å²) < 4.78 is 12.2. The molecule has 4 heterocycles. The molecule has 200 valence electrons. The Hall–Kier alpha value is -2.69. The highest BCUT2D eigenvalue weighted by Gasteiger charge is 2.61. The van der Waals surface area contributed by atoms with Crippen molar-refractivity contribution >= 4 is 18.9 Å². The monoisotopic (exact) mass is 505 g/mol. The number of piperidine rings is 1. The number of rotatable bonds is 8. The Labute approximate surface area is 212 Å². The van der Waals surface area contributed by atoms with Crippen molar-refractivity contribution in [1.29, 1.82) is 0 Å². The number of unbranched alkanes of at least 4 members (excludes halogenated alkanes) is 1. The lowest BCUT2D eigenvalue weighted by atomic mass is 10.1. The predicted molar refractivity (Wildman–Crippen MR) is 133 cm³/mol. The second kappa shape index (κ2) is 14.2. The van der Waals surface area contributed by atoms with Gasteiger partial charge in [-0.2, -0.15) is 0 Å². The summed E-state index contributed by atoms with van der Waals surface area (Å²) in [7, 11) is 0. The van der Waals surface area contributed by atoms with E-state index >= 15 is 0 Å². The Morgan fingerprint density at radius 2 is 1.81 bits per heavy atom. The Morgan fingerprint density at radius 1 is 1.06 bits per heavy atom. The van der Waals surface area contributed by atoms with Gasteiger partial charge in [0, 0.05) is 32.5 Å². The van der Waals surface area contributed by atoms with Gasteiger partial charge in [0.1, 0.15) is 5.75 Å². The second-order valence-electron chi connectivity index (χ2n) is 9.50. The zero-order chi connectivity index (χ0) is 25.8. The first-order valence-electron chi connectivity index (χ1n) is 12.9. The molecule has 4 aliphatic heterocycles. The van der Waals surface area contributed by atoms with Gasteiger partial charge in [-0.15, -0.1) is 0 Å². The molecule has 4 aliphatic rings. The van der Waals surface area contributed by atoms with Crippen LogP contribution in [0.4, 0.5) is 0 Å². The molecule has 2 N–H and O–H groups in total. The normalized spacial score (nSPS) is 25.2. The molecule has 0 aliphatic carbocycles. The number of carboxylic acid groups (broad SMARTS) is 2. The molecular weight excluding hydrogens is 466 g/mol. The van der Waals surface area contributed by atoms with Crippen LogP contribution in [0.25, 0.3) is 0 Å². The molecule has 0 aromatic heterocycles. The smallest absolute Gasteiger partial charge is 0.290 e. The zero-order valence-electron chi connectivity index (χ0n) is 20.9. The average molecular weight is 506 g/mol. The van der Waals surface area contributed by atoms with Crippen molar-refractivity contribution in [2.75, 3.05) is 45.9 Å². The molecule has 1 spiro atoms. The lowest BCUT2D eigenvalue weighted by Crippen LogP contribution is -2.47. The van der Waals surface area contributed by atoms with Crippen LogP contribution in [0.2, 0.25) is 0 Å². The fraction of sp³-hybridized carbons (Fsp3) is 0.654. The molecule has 36 heavy (non-hydrogen) atoms. The summed E-state index contributed by atoms with van der Waals surface area (Å²) in [4.78, 5) is 36.1. The maximum absolute atomic E-state index is 12.4. The van der Waals surface area contributed by atoms with Crippen molar-refractivity contribution in [3.63, 3.8) is 0 Å². The highest BCUT2D eigenvalue weighted by molar-refractivity contribution is 5.81. The maximum atomic E-state index is 12.4. The van der Waals surface area contributed by atoms with Gasteiger partial charge in [-0.25, -0.2) is 0 Å². The molecule has 10 heteroatoms. The molecule has 0 bridgehead atoms. The van der Waals surface area contributed by atoms with Crippen LogP contribution in [0, 0.1) is 0 Å². The topological polar surface area (TPSA) is 120 Å². The summed E-state index contributed by atoms with van der Waals surface area (Å²) in [6, 6.07) is 8.66. The molecule has 4 fully saturated rings. The van der Waals surface area contributed by atoms with Crippen LogP contribution in [-0.2, 0) is 25.7 Å². The summed E-state index contributed by atoms with van der Waals surface area (Å²) in [6.45, 7) is 7.30. The van der Waals surface area contributed by atoms with Crippen molar-refractivity contribution in [1.82, 2.24) is 14.7 Å². The highest BCUT2D eigenvalue weighted by Crippen LogP contribution is 2.46. The Balaban J connectivity index is 0.000000550. The first kappa shape index (κ1) is 27.9. The zero-order valence-corrected chi connectivity index (χ0v) is 20.9. The lowest BCUT2D eigenvalue weighted by molar-refractivity contribution is -0.136. The van der Waals surface area contributed by atoms with Crippen LogP contribution in [-0.4, -0.2) is 101 Å². The van der Waals surface area contributed by atoms with E-state index < -0.39 is 0 Å². The first-order valence-corrected chi connectivity index (χ1v) is 12.9. The Kier molecular flexibility index (Phi) is 11.0. The fourth-order valence-electron chi connectivity index (χ4n) is 5.84. The number of hydrogen-bond acceptors (Lipinski definition) is 7. The maximum Gasteiger partial charge on any atom is 0.290 e. The minimum Gasteiger partial charge on any atom is -0.494 e. The molecule has 0 saturated carbocycles. The molecule has 10 nitrogen and oxygen atoms in total. The van der Waals surface area contributed by atoms with Crippen LogP contribution in [0.5, 0.6) is 5.75 Å². The minimum atomic E-state index is -0.348. The van der Waals surface area contributed by atoms with E-state index in [0.717, 1.165) is 44.8 Å². The SMILES string of the molecule is O=C1C[C@H]2N(Cc3cccc(OCCCCN4CCCCC4)c3)CC[C@]23OCCN13.O=CO.O=CO. The number of hydrogen-bond donors (Lipinski definition) is 2. The molecule has 0 radical (unpaired) electrons. The summed E-state index contributed by atoms with van der Waals surface area (Å²) in [6.07, 6.45) is 7.95. The van der Waals surface area contributed by atoms with E-state index in [2.05, 4.69) is 34.1 Å². The molecule has 1 aromatic carbocycles. The fourth-order valence-corrected chi connectivity index (χ4v) is 5.84. The number of amides is 1. The van der Waals surface area contributed by atoms with Gasteiger partial charge in [0.15, 0.2) is 5.72 Å². The van der Waals surface area contributed by atoms with Gasteiger partial charge >= 0.3 is 0 Å². The summed E-state index contributed by atoms with van der Waals surface area (Å²) in [5.74, 6) is 1.21. The number of benzene rings is 1. The van der Waals surface area contributed by atoms with E-state index in [-0.39, 0.29) is 30.6 Å². The van der Waals surface area contributed by atoms with E-state index in [0.29, 0.717) is 13.0 Å². The molecular formula is C26H39N3O7. The van der Waals surface area contributed by atoms with Gasteiger partial charge in [-0.1, -0.05) is 18.6 Å². The van der Waals surface area contributed by atoms with Gasteiger partial charge < -0.3 is 29.5 Å². The minimum absolute atomic E-state index is 0.187. The molecule has 1 amide bonds. The standard InChI is InChI=1S/C24H35N3O3.2CH2O2/c28-23-18-22-24(27(23)14-16-30-24)9-13-26(22)19-20-7-6-8-21(17-20)29-15-5-4-12-25-10-2-1-3-11-25;2*2-1-3/h6-8,17,22H,1-5,9-16,18-19H2;2*1H,(H,2,3)/t22-,24+;;/m1../s1. The van der Waals surface area contributed by atoms with E-state index in [9.17, 15) is 4.79 Å². The van der Waals surface area contributed by atoms with E-state index in [1.807, 2.05) is 4.90 Å². The van der Waals surface area contributed by atoms with E-state index in [4.69, 9.17) is 29.3 Å². The van der Waals surface area contributed by atoms with Crippen LogP contribution in [0.3, 0.4) is 0 Å². The molecule has 0 unspecified atom stereocenters. The van der Waals surface area contributed by atoms with Gasteiger partial charge in [0.05, 0.1) is 19.3 Å². The van der Waals surface area contributed by atoms with Crippen molar-refractivity contribution in [3.8, 4) is 5.75 Å². The molecule has 1 aromatic rings. The van der Waals surface area contributed by atoms with E-state index in [1.54, 1.807) is 0 Å². The van der Waals surface area contributed by atoms with Crippen LogP contribution < -0.4 is 4.74 Å². The van der Waals surface area contributed by atoms with Crippen molar-refractivity contribution in [3.05, 3.63) is 29.8 Å². The molecule has 5 rings (SSSR count). The quantitative estimate of drug-likeness (QED) is 0.405. The van der Waals surface area contributed by atoms with Crippen LogP contribution >= 0.6 is 0 Å². The van der Waals surface area contributed by atoms with Gasteiger partial charge in [0.2, 0.25) is 5.91 Å². The first-order chi connectivity index (χ1) is 17.6. The summed E-state index contributed by atoms with van der Waals surface area (Å²) in [5, 5.41) is 13.8. The number of carbonyl (C=O) groups is 3. The number of likely N-dealkylation sites (tertiary alicyclic amines) is 2. The molecule has 4 saturated heterocycles. The van der Waals surface area contributed by atoms with Crippen LogP contribution in [0.1, 0.15) is 50.5 Å². The van der Waals surface area contributed by atoms with Crippen LogP contribution in [0.15, 0.2) is 24.3 Å². The van der Waals surface area contributed by atoms with E-state index in [1.165, 1.54) is 50.9 Å². The third-order valence-electron chi connectivity index (χ3n) is 7.38. The lowest BCUT2D eigenvalue weighted by Gasteiger charge is -2.31. The average Bonchev–Trinajstić information content (AvgIpc) is 3.52. The third kappa shape index (κ3) is 6.96. The number of nitrogens with zero attached hydrogens (tertiary/aromatic N) is 3. The summed E-state index contributed by atoms with van der Waals surface area (Å²) in [5.41, 5.74) is 0.904. The predicted octanol–water partition coefficient (Wildman–Crippen LogP) is 2.27. The Bertz CT molecular complexity index is 843. The van der Waals surface area contributed by atoms with Gasteiger partial charge in [-0.3, -0.25) is 19.3 Å². The number of ether oxygens (including phenoxy) is 2. The summed E-state index contributed by atoms with van der Waals surface area (Å²) >= 11 is 0. The second-order valence-corrected chi connectivity index (χ2v) is 9.50. The van der Waals surface area contributed by atoms with Crippen molar-refractivity contribution in [2.24, 2.45) is 0 Å². The van der Waals surface area contributed by atoms with Crippen molar-refractivity contribution < 1.29 is 34.1 Å². The van der Waals surface area contributed by atoms with Gasteiger partial charge in [-0.05, 0) is 63.0 Å². The third-order valence-corrected chi connectivity index (χ3v) is 7.38. The Morgan fingerprint density at radius 3 is 2.56 bits per heavy atom. The van der Waals surface area contributed by atoms with Crippen molar-refractivity contribution in [2.45, 2.75) is 63.3 Å².